The van der Waals surface area contributed by atoms with Crippen LogP contribution in [0, 0.1) is 0 Å². The van der Waals surface area contributed by atoms with Crippen molar-refractivity contribution in [2.75, 3.05) is 26.9 Å². The second kappa shape index (κ2) is 6.62. The molecule has 0 aromatic carbocycles. The molecule has 0 saturated carbocycles. The minimum atomic E-state index is -0.170. The number of methoxy groups -OCH3 is 1. The summed E-state index contributed by atoms with van der Waals surface area (Å²) >= 11 is 0. The van der Waals surface area contributed by atoms with Gasteiger partial charge in [-0.1, -0.05) is 0 Å². The molecule has 5 heteroatoms. The highest BCUT2D eigenvalue weighted by molar-refractivity contribution is 4.83. The third kappa shape index (κ3) is 4.30. The zero-order valence-electron chi connectivity index (χ0n) is 10.0. The lowest BCUT2D eigenvalue weighted by Gasteiger charge is -2.29. The van der Waals surface area contributed by atoms with Gasteiger partial charge in [0.15, 0.2) is 0 Å². The van der Waals surface area contributed by atoms with E-state index >= 15 is 0 Å². The molecule has 92 valence electrons. The predicted molar refractivity (Wildman–Crippen MR) is 62.2 cm³/mol. The first kappa shape index (κ1) is 13.2. The van der Waals surface area contributed by atoms with E-state index in [0.29, 0.717) is 13.0 Å². The molecule has 1 aromatic rings. The second-order valence-corrected chi connectivity index (χ2v) is 4.16. The lowest BCUT2D eigenvalue weighted by molar-refractivity contribution is 0.0974. The van der Waals surface area contributed by atoms with Gasteiger partial charge < -0.3 is 15.2 Å². The van der Waals surface area contributed by atoms with Crippen molar-refractivity contribution in [1.29, 1.82) is 0 Å². The van der Waals surface area contributed by atoms with Crippen LogP contribution >= 0.6 is 0 Å². The van der Waals surface area contributed by atoms with E-state index in [9.17, 15) is 0 Å². The Kier molecular flexibility index (Phi) is 5.45. The van der Waals surface area contributed by atoms with Crippen LogP contribution in [0.2, 0.25) is 0 Å². The first-order chi connectivity index (χ1) is 7.70. The van der Waals surface area contributed by atoms with Crippen LogP contribution in [0.1, 0.15) is 13.3 Å². The molecule has 0 bridgehead atoms. The number of aliphatic hydroxyl groups excluding tert-OH is 1. The number of aliphatic hydroxyl groups is 1. The van der Waals surface area contributed by atoms with Crippen LogP contribution in [0.4, 0.5) is 0 Å². The summed E-state index contributed by atoms with van der Waals surface area (Å²) in [6.07, 6.45) is 4.38. The van der Waals surface area contributed by atoms with Crippen molar-refractivity contribution in [1.82, 2.24) is 15.1 Å². The molecule has 0 spiro atoms. The molecule has 0 aliphatic heterocycles. The van der Waals surface area contributed by atoms with Crippen LogP contribution in [0.15, 0.2) is 18.5 Å². The molecule has 0 amide bonds. The summed E-state index contributed by atoms with van der Waals surface area (Å²) in [4.78, 5) is 0. The molecule has 2 N–H and O–H groups in total. The summed E-state index contributed by atoms with van der Waals surface area (Å²) in [5.74, 6) is 0. The van der Waals surface area contributed by atoms with Gasteiger partial charge in [-0.25, -0.2) is 0 Å². The number of aromatic nitrogens is 2. The molecule has 0 radical (unpaired) electrons. The van der Waals surface area contributed by atoms with Crippen LogP contribution < -0.4 is 5.32 Å². The van der Waals surface area contributed by atoms with E-state index in [1.165, 1.54) is 0 Å². The average Bonchev–Trinajstić information content (AvgIpc) is 2.71. The van der Waals surface area contributed by atoms with Gasteiger partial charge in [0.05, 0.1) is 13.2 Å². The van der Waals surface area contributed by atoms with Gasteiger partial charge >= 0.3 is 0 Å². The van der Waals surface area contributed by atoms with E-state index in [-0.39, 0.29) is 12.1 Å². The van der Waals surface area contributed by atoms with Crippen molar-refractivity contribution < 1.29 is 9.84 Å². The molecule has 1 unspecified atom stereocenters. The zero-order chi connectivity index (χ0) is 11.9. The number of ether oxygens (including phenoxy) is 1. The highest BCUT2D eigenvalue weighted by Crippen LogP contribution is 2.09. The fourth-order valence-corrected chi connectivity index (χ4v) is 1.68. The lowest BCUT2D eigenvalue weighted by atomic mass is 9.99. The van der Waals surface area contributed by atoms with Crippen molar-refractivity contribution in [2.24, 2.45) is 0 Å². The number of nitrogens with one attached hydrogen (secondary N) is 1. The van der Waals surface area contributed by atoms with Gasteiger partial charge in [-0.05, 0) is 19.4 Å². The molecule has 1 rings (SSSR count). The van der Waals surface area contributed by atoms with E-state index in [4.69, 9.17) is 9.84 Å². The van der Waals surface area contributed by atoms with Crippen LogP contribution in [-0.4, -0.2) is 47.3 Å². The SMILES string of the molecule is COCC(C)(CCO)NCCn1cccn1. The smallest absolute Gasteiger partial charge is 0.0642 e. The van der Waals surface area contributed by atoms with Gasteiger partial charge in [-0.3, -0.25) is 4.68 Å². The molecule has 0 saturated heterocycles. The minimum absolute atomic E-state index is 0.161. The van der Waals surface area contributed by atoms with Crippen molar-refractivity contribution in [3.8, 4) is 0 Å². The first-order valence-corrected chi connectivity index (χ1v) is 5.52. The van der Waals surface area contributed by atoms with E-state index in [2.05, 4.69) is 17.3 Å². The van der Waals surface area contributed by atoms with E-state index in [0.717, 1.165) is 13.1 Å². The molecular weight excluding hydrogens is 206 g/mol. The summed E-state index contributed by atoms with van der Waals surface area (Å²) in [5.41, 5.74) is -0.170. The van der Waals surface area contributed by atoms with Gasteiger partial charge in [-0.15, -0.1) is 0 Å². The number of rotatable bonds is 8. The maximum atomic E-state index is 9.00. The fourth-order valence-electron chi connectivity index (χ4n) is 1.68. The summed E-state index contributed by atoms with van der Waals surface area (Å²) in [5, 5.41) is 16.5. The van der Waals surface area contributed by atoms with Crippen molar-refractivity contribution in [2.45, 2.75) is 25.4 Å². The largest absolute Gasteiger partial charge is 0.396 e. The monoisotopic (exact) mass is 227 g/mol. The molecule has 1 aromatic heterocycles. The molecule has 0 aliphatic carbocycles. The summed E-state index contributed by atoms with van der Waals surface area (Å²) in [6.45, 7) is 4.43. The Morgan fingerprint density at radius 3 is 2.94 bits per heavy atom. The van der Waals surface area contributed by atoms with Gasteiger partial charge in [0.25, 0.3) is 0 Å². The molecule has 16 heavy (non-hydrogen) atoms. The molecule has 1 heterocycles. The Hall–Kier alpha value is -0.910. The minimum Gasteiger partial charge on any atom is -0.396 e. The lowest BCUT2D eigenvalue weighted by Crippen LogP contribution is -2.48. The first-order valence-electron chi connectivity index (χ1n) is 5.52. The Morgan fingerprint density at radius 1 is 1.56 bits per heavy atom. The Balaban J connectivity index is 2.32. The highest BCUT2D eigenvalue weighted by Gasteiger charge is 2.22. The van der Waals surface area contributed by atoms with Gasteiger partial charge in [0.1, 0.15) is 0 Å². The van der Waals surface area contributed by atoms with Crippen molar-refractivity contribution in [3.63, 3.8) is 0 Å². The van der Waals surface area contributed by atoms with E-state index < -0.39 is 0 Å². The summed E-state index contributed by atoms with van der Waals surface area (Å²) in [7, 11) is 1.67. The van der Waals surface area contributed by atoms with Gasteiger partial charge in [0.2, 0.25) is 0 Å². The molecule has 0 aliphatic rings. The van der Waals surface area contributed by atoms with Crippen molar-refractivity contribution >= 4 is 0 Å². The molecule has 0 fully saturated rings. The van der Waals surface area contributed by atoms with E-state index in [1.54, 1.807) is 13.3 Å². The Bertz CT molecular complexity index is 269. The average molecular weight is 227 g/mol. The fraction of sp³-hybridized carbons (Fsp3) is 0.727. The van der Waals surface area contributed by atoms with Crippen LogP contribution in [0.5, 0.6) is 0 Å². The standard InChI is InChI=1S/C11H21N3O2/c1-11(4-9-15,10-16-2)12-6-8-14-7-3-5-13-14/h3,5,7,12,15H,4,6,8-10H2,1-2H3. The summed E-state index contributed by atoms with van der Waals surface area (Å²) in [6, 6.07) is 1.90. The number of hydrogen-bond donors (Lipinski definition) is 2. The molecular formula is C11H21N3O2. The van der Waals surface area contributed by atoms with Crippen LogP contribution in [-0.2, 0) is 11.3 Å². The van der Waals surface area contributed by atoms with Crippen LogP contribution in [0.25, 0.3) is 0 Å². The van der Waals surface area contributed by atoms with Gasteiger partial charge in [0, 0.05) is 38.2 Å². The maximum absolute atomic E-state index is 9.00. The van der Waals surface area contributed by atoms with Gasteiger partial charge in [-0.2, -0.15) is 5.10 Å². The maximum Gasteiger partial charge on any atom is 0.0642 e. The third-order valence-corrected chi connectivity index (χ3v) is 2.58. The second-order valence-electron chi connectivity index (χ2n) is 4.16. The normalized spacial score (nSPS) is 14.9. The molecule has 5 nitrogen and oxygen atoms in total. The number of nitrogens with zero attached hydrogens (tertiary/aromatic N) is 2. The Labute approximate surface area is 96.4 Å². The van der Waals surface area contributed by atoms with Crippen molar-refractivity contribution in [3.05, 3.63) is 18.5 Å². The highest BCUT2D eigenvalue weighted by atomic mass is 16.5. The summed E-state index contributed by atoms with van der Waals surface area (Å²) < 4.78 is 7.03. The van der Waals surface area contributed by atoms with E-state index in [1.807, 2.05) is 16.9 Å². The predicted octanol–water partition coefficient (Wildman–Crippen LogP) is 0.260. The quantitative estimate of drug-likeness (QED) is 0.669. The molecule has 1 atom stereocenters. The van der Waals surface area contributed by atoms with Crippen LogP contribution in [0.3, 0.4) is 0 Å². The topological polar surface area (TPSA) is 59.3 Å². The Morgan fingerprint density at radius 2 is 2.38 bits per heavy atom. The third-order valence-electron chi connectivity index (χ3n) is 2.58. The number of hydrogen-bond acceptors (Lipinski definition) is 4. The zero-order valence-corrected chi connectivity index (χ0v) is 10.0.